The third kappa shape index (κ3) is 3.57. The Balaban J connectivity index is 1.77. The number of hydrogen-bond donors (Lipinski definition) is 1. The second-order valence-electron chi connectivity index (χ2n) is 4.83. The average molecular weight is 329 g/mol. The second kappa shape index (κ2) is 6.62. The van der Waals surface area contributed by atoms with E-state index in [0.717, 1.165) is 21.1 Å². The molecule has 2 aromatic heterocycles. The first kappa shape index (κ1) is 15.2. The number of methoxy groups -OCH3 is 1. The number of nitrogens with zero attached hydrogens (tertiary/aromatic N) is 2. The van der Waals surface area contributed by atoms with Crippen LogP contribution in [0.2, 0.25) is 0 Å². The van der Waals surface area contributed by atoms with Gasteiger partial charge < -0.3 is 14.6 Å². The smallest absolute Gasteiger partial charge is 0.268 e. The monoisotopic (exact) mass is 329 g/mol. The van der Waals surface area contributed by atoms with Crippen molar-refractivity contribution in [3.05, 3.63) is 41.3 Å². The second-order valence-corrected chi connectivity index (χ2v) is 6.00. The van der Waals surface area contributed by atoms with Gasteiger partial charge in [-0.2, -0.15) is 4.98 Å². The molecule has 23 heavy (non-hydrogen) atoms. The van der Waals surface area contributed by atoms with Crippen LogP contribution in [0, 0.1) is 0 Å². The van der Waals surface area contributed by atoms with Crippen molar-refractivity contribution in [3.8, 4) is 27.9 Å². The molecule has 0 saturated carbocycles. The summed E-state index contributed by atoms with van der Waals surface area (Å²) in [5, 5.41) is 6.77. The lowest BCUT2D eigenvalue weighted by molar-refractivity contribution is -0.119. The van der Waals surface area contributed by atoms with Crippen molar-refractivity contribution < 1.29 is 14.1 Å². The first-order chi connectivity index (χ1) is 11.2. The minimum atomic E-state index is -0.0560. The maximum absolute atomic E-state index is 10.9. The van der Waals surface area contributed by atoms with Crippen molar-refractivity contribution in [1.29, 1.82) is 0 Å². The van der Waals surface area contributed by atoms with Crippen molar-refractivity contribution >= 4 is 17.2 Å². The minimum absolute atomic E-state index is 0.0560. The molecule has 3 rings (SSSR count). The van der Waals surface area contributed by atoms with Gasteiger partial charge in [-0.25, -0.2) is 0 Å². The van der Waals surface area contributed by atoms with Gasteiger partial charge in [-0.3, -0.25) is 4.79 Å². The van der Waals surface area contributed by atoms with E-state index in [-0.39, 0.29) is 5.91 Å². The maximum Gasteiger partial charge on any atom is 0.268 e. The summed E-state index contributed by atoms with van der Waals surface area (Å²) < 4.78 is 10.5. The molecule has 0 unspecified atom stereocenters. The number of aromatic nitrogens is 2. The van der Waals surface area contributed by atoms with Crippen LogP contribution in [0.5, 0.6) is 5.75 Å². The van der Waals surface area contributed by atoms with E-state index < -0.39 is 0 Å². The summed E-state index contributed by atoms with van der Waals surface area (Å²) in [6, 6.07) is 11.3. The molecule has 0 saturated heterocycles. The molecule has 3 aromatic rings. The normalized spacial score (nSPS) is 10.5. The van der Waals surface area contributed by atoms with Gasteiger partial charge in [0.1, 0.15) is 5.75 Å². The maximum atomic E-state index is 10.9. The van der Waals surface area contributed by atoms with Crippen LogP contribution in [-0.2, 0) is 11.3 Å². The van der Waals surface area contributed by atoms with E-state index in [0.29, 0.717) is 18.3 Å². The summed E-state index contributed by atoms with van der Waals surface area (Å²) in [5.41, 5.74) is 0.857. The number of ether oxygens (including phenoxy) is 1. The Hall–Kier alpha value is -2.67. The fourth-order valence-electron chi connectivity index (χ4n) is 1.98. The van der Waals surface area contributed by atoms with Gasteiger partial charge in [0.15, 0.2) is 0 Å². The molecule has 118 valence electrons. The third-order valence-electron chi connectivity index (χ3n) is 3.16. The van der Waals surface area contributed by atoms with Crippen LogP contribution in [0.15, 0.2) is 40.9 Å². The molecule has 1 aromatic carbocycles. The van der Waals surface area contributed by atoms with Crippen molar-refractivity contribution in [2.45, 2.75) is 13.5 Å². The summed E-state index contributed by atoms with van der Waals surface area (Å²) in [4.78, 5) is 17.3. The van der Waals surface area contributed by atoms with Gasteiger partial charge in [-0.1, -0.05) is 5.16 Å². The molecule has 6 nitrogen and oxygen atoms in total. The van der Waals surface area contributed by atoms with Crippen LogP contribution in [-0.4, -0.2) is 23.2 Å². The van der Waals surface area contributed by atoms with Crippen LogP contribution < -0.4 is 10.1 Å². The molecular formula is C16H15N3O3S. The molecule has 7 heteroatoms. The largest absolute Gasteiger partial charge is 0.497 e. The van der Waals surface area contributed by atoms with Crippen molar-refractivity contribution in [2.75, 3.05) is 7.11 Å². The van der Waals surface area contributed by atoms with Gasteiger partial charge in [-0.05, 0) is 36.4 Å². The van der Waals surface area contributed by atoms with E-state index in [9.17, 15) is 4.79 Å². The summed E-state index contributed by atoms with van der Waals surface area (Å²) >= 11 is 1.51. The molecule has 0 aliphatic carbocycles. The Morgan fingerprint density at radius 2 is 2.04 bits per heavy atom. The van der Waals surface area contributed by atoms with Crippen LogP contribution in [0.25, 0.3) is 22.2 Å². The van der Waals surface area contributed by atoms with Crippen molar-refractivity contribution in [2.24, 2.45) is 0 Å². The summed E-state index contributed by atoms with van der Waals surface area (Å²) in [6.07, 6.45) is 0. The van der Waals surface area contributed by atoms with Gasteiger partial charge in [-0.15, -0.1) is 11.3 Å². The van der Waals surface area contributed by atoms with E-state index >= 15 is 0 Å². The van der Waals surface area contributed by atoms with Gasteiger partial charge in [0.25, 0.3) is 5.89 Å². The predicted molar refractivity (Wildman–Crippen MR) is 87.1 cm³/mol. The number of thiophene rings is 1. The highest BCUT2D eigenvalue weighted by Crippen LogP contribution is 2.29. The minimum Gasteiger partial charge on any atom is -0.497 e. The summed E-state index contributed by atoms with van der Waals surface area (Å²) in [6.45, 7) is 1.99. The summed E-state index contributed by atoms with van der Waals surface area (Å²) in [5.74, 6) is 1.72. The van der Waals surface area contributed by atoms with Gasteiger partial charge >= 0.3 is 0 Å². The molecule has 0 spiro atoms. The molecule has 0 aliphatic heterocycles. The molecule has 0 radical (unpaired) electrons. The van der Waals surface area contributed by atoms with E-state index in [1.165, 1.54) is 18.3 Å². The number of carbonyl (C=O) groups is 1. The molecule has 0 bridgehead atoms. The lowest BCUT2D eigenvalue weighted by atomic mass is 10.2. The number of nitrogens with one attached hydrogen (secondary N) is 1. The topological polar surface area (TPSA) is 77.3 Å². The number of carbonyl (C=O) groups excluding carboxylic acids is 1. The van der Waals surface area contributed by atoms with Crippen LogP contribution in [0.3, 0.4) is 0 Å². The highest BCUT2D eigenvalue weighted by atomic mass is 32.1. The average Bonchev–Trinajstić information content (AvgIpc) is 3.22. The quantitative estimate of drug-likeness (QED) is 0.778. The number of rotatable bonds is 5. The third-order valence-corrected chi connectivity index (χ3v) is 4.23. The van der Waals surface area contributed by atoms with E-state index in [4.69, 9.17) is 9.26 Å². The standard InChI is InChI=1S/C16H15N3O3S/c1-10(20)17-9-13-7-8-14(23-13)16-18-15(19-22-16)11-3-5-12(21-2)6-4-11/h3-8H,9H2,1-2H3,(H,17,20). The number of benzene rings is 1. The van der Waals surface area contributed by atoms with Gasteiger partial charge in [0, 0.05) is 17.4 Å². The summed E-state index contributed by atoms with van der Waals surface area (Å²) in [7, 11) is 1.62. The number of hydrogen-bond acceptors (Lipinski definition) is 6. The van der Waals surface area contributed by atoms with Gasteiger partial charge in [0.05, 0.1) is 18.5 Å². The fourth-order valence-corrected chi connectivity index (χ4v) is 2.85. The number of amides is 1. The molecule has 0 fully saturated rings. The van der Waals surface area contributed by atoms with Crippen LogP contribution in [0.4, 0.5) is 0 Å². The fraction of sp³-hybridized carbons (Fsp3) is 0.188. The zero-order valence-corrected chi connectivity index (χ0v) is 13.5. The van der Waals surface area contributed by atoms with Crippen molar-refractivity contribution in [1.82, 2.24) is 15.5 Å². The van der Waals surface area contributed by atoms with Gasteiger partial charge in [0.2, 0.25) is 11.7 Å². The van der Waals surface area contributed by atoms with Crippen molar-refractivity contribution in [3.63, 3.8) is 0 Å². The zero-order valence-electron chi connectivity index (χ0n) is 12.7. The van der Waals surface area contributed by atoms with Crippen LogP contribution >= 0.6 is 11.3 Å². The van der Waals surface area contributed by atoms with Crippen LogP contribution in [0.1, 0.15) is 11.8 Å². The lowest BCUT2D eigenvalue weighted by Crippen LogP contribution is -2.17. The lowest BCUT2D eigenvalue weighted by Gasteiger charge is -1.98. The molecule has 2 heterocycles. The molecular weight excluding hydrogens is 314 g/mol. The molecule has 1 amide bonds. The SMILES string of the molecule is COc1ccc(-c2noc(-c3ccc(CNC(C)=O)s3)n2)cc1. The molecule has 0 aliphatic rings. The first-order valence-corrected chi connectivity index (χ1v) is 7.79. The Kier molecular flexibility index (Phi) is 4.38. The highest BCUT2D eigenvalue weighted by molar-refractivity contribution is 7.15. The highest BCUT2D eigenvalue weighted by Gasteiger charge is 2.13. The predicted octanol–water partition coefficient (Wildman–Crippen LogP) is 3.11. The van der Waals surface area contributed by atoms with E-state index in [1.807, 2.05) is 36.4 Å². The Bertz CT molecular complexity index is 808. The Morgan fingerprint density at radius 3 is 2.74 bits per heavy atom. The first-order valence-electron chi connectivity index (χ1n) is 6.97. The Morgan fingerprint density at radius 1 is 1.26 bits per heavy atom. The van der Waals surface area contributed by atoms with E-state index in [2.05, 4.69) is 15.5 Å². The zero-order chi connectivity index (χ0) is 16.2. The molecule has 1 N–H and O–H groups in total. The van der Waals surface area contributed by atoms with E-state index in [1.54, 1.807) is 7.11 Å². The molecule has 0 atom stereocenters. The Labute approximate surface area is 137 Å².